The first-order valence-electron chi connectivity index (χ1n) is 2.27. The maximum absolute atomic E-state index is 10.2. The van der Waals surface area contributed by atoms with Gasteiger partial charge in [-0.2, -0.15) is 0 Å². The molecule has 1 atom stereocenters. The van der Waals surface area contributed by atoms with E-state index in [2.05, 4.69) is 10.1 Å². The van der Waals surface area contributed by atoms with E-state index in [1.807, 2.05) is 0 Å². The highest BCUT2D eigenvalue weighted by Crippen LogP contribution is 1.97. The number of rotatable bonds is 0. The Morgan fingerprint density at radius 1 is 1.88 bits per heavy atom. The normalized spacial score (nSPS) is 27.4. The van der Waals surface area contributed by atoms with Crippen LogP contribution in [0.4, 0.5) is 4.79 Å². The lowest BCUT2D eigenvalue weighted by molar-refractivity contribution is 0.208. The first-order chi connectivity index (χ1) is 3.70. The third-order valence-corrected chi connectivity index (χ3v) is 0.930. The third-order valence-electron chi connectivity index (χ3n) is 0.930. The van der Waals surface area contributed by atoms with E-state index in [-0.39, 0.29) is 11.9 Å². The minimum Gasteiger partial charge on any atom is -0.394 e. The zero-order valence-corrected chi connectivity index (χ0v) is 4.39. The van der Waals surface area contributed by atoms with Crippen LogP contribution in [-0.4, -0.2) is 18.0 Å². The number of carbonyl (C=O) groups is 1. The van der Waals surface area contributed by atoms with E-state index in [4.69, 9.17) is 5.41 Å². The lowest BCUT2D eigenvalue weighted by Gasteiger charge is -1.91. The van der Waals surface area contributed by atoms with E-state index in [9.17, 15) is 4.79 Å². The second kappa shape index (κ2) is 1.47. The number of hydrogen-bond donors (Lipinski definition) is 2. The Labute approximate surface area is 46.3 Å². The quantitative estimate of drug-likeness (QED) is 0.469. The van der Waals surface area contributed by atoms with E-state index in [0.717, 1.165) is 0 Å². The predicted octanol–water partition coefficient (Wildman–Crippen LogP) is 0.0920. The van der Waals surface area contributed by atoms with Gasteiger partial charge in [-0.15, -0.1) is 0 Å². The molecule has 44 valence electrons. The average molecular weight is 114 g/mol. The molecule has 8 heavy (non-hydrogen) atoms. The summed E-state index contributed by atoms with van der Waals surface area (Å²) in [5.41, 5.74) is 0. The highest BCUT2D eigenvalue weighted by Gasteiger charge is 2.23. The maximum Gasteiger partial charge on any atom is 0.414 e. The Kier molecular flexibility index (Phi) is 0.932. The summed E-state index contributed by atoms with van der Waals surface area (Å²) in [7, 11) is 0. The van der Waals surface area contributed by atoms with Crippen molar-refractivity contribution in [1.29, 1.82) is 5.41 Å². The third kappa shape index (κ3) is 0.641. The van der Waals surface area contributed by atoms with Crippen LogP contribution >= 0.6 is 0 Å². The zero-order chi connectivity index (χ0) is 6.15. The van der Waals surface area contributed by atoms with Crippen molar-refractivity contribution in [3.63, 3.8) is 0 Å². The molecule has 1 aliphatic rings. The van der Waals surface area contributed by atoms with Crippen LogP contribution in [0.3, 0.4) is 0 Å². The summed E-state index contributed by atoms with van der Waals surface area (Å²) in [5.74, 6) is -0.00463. The topological polar surface area (TPSA) is 62.2 Å². The molecule has 1 fully saturated rings. The van der Waals surface area contributed by atoms with Gasteiger partial charge in [0.05, 0.1) is 0 Å². The molecule has 0 aliphatic carbocycles. The molecule has 1 heterocycles. The lowest BCUT2D eigenvalue weighted by atomic mass is 10.4. The van der Waals surface area contributed by atoms with E-state index in [1.165, 1.54) is 0 Å². The molecule has 0 aromatic carbocycles. The molecular weight excluding hydrogens is 108 g/mol. The molecule has 1 saturated heterocycles. The Balaban J connectivity index is 2.64. The summed E-state index contributed by atoms with van der Waals surface area (Å²) >= 11 is 0. The van der Waals surface area contributed by atoms with Crippen LogP contribution in [0.1, 0.15) is 6.92 Å². The van der Waals surface area contributed by atoms with Gasteiger partial charge in [0.2, 0.25) is 5.90 Å². The van der Waals surface area contributed by atoms with E-state index >= 15 is 0 Å². The number of amides is 1. The van der Waals surface area contributed by atoms with Crippen LogP contribution < -0.4 is 5.32 Å². The van der Waals surface area contributed by atoms with Crippen molar-refractivity contribution < 1.29 is 9.53 Å². The summed E-state index contributed by atoms with van der Waals surface area (Å²) in [4.78, 5) is 10.2. The molecule has 0 aromatic heterocycles. The molecular formula is C4H6N2O2. The second-order valence-electron chi connectivity index (χ2n) is 1.62. The van der Waals surface area contributed by atoms with Crippen LogP contribution in [0.15, 0.2) is 0 Å². The minimum atomic E-state index is -0.525. The molecule has 0 spiro atoms. The largest absolute Gasteiger partial charge is 0.414 e. The van der Waals surface area contributed by atoms with Crippen molar-refractivity contribution in [3.8, 4) is 0 Å². The molecule has 1 unspecified atom stereocenters. The standard InChI is InChI=1S/C4H6N2O2/c1-2-3(5)8-4(7)6-2/h2,5H,1H3,(H,6,7). The molecule has 0 saturated carbocycles. The SMILES string of the molecule is CC1NC(=O)OC1=N. The molecule has 0 aromatic rings. The Morgan fingerprint density at radius 2 is 2.50 bits per heavy atom. The number of alkyl carbamates (subject to hydrolysis) is 1. The van der Waals surface area contributed by atoms with Gasteiger partial charge in [-0.25, -0.2) is 4.79 Å². The van der Waals surface area contributed by atoms with Crippen molar-refractivity contribution in [2.45, 2.75) is 13.0 Å². The highest BCUT2D eigenvalue weighted by atomic mass is 16.6. The van der Waals surface area contributed by atoms with Gasteiger partial charge in [0.1, 0.15) is 6.04 Å². The molecule has 1 rings (SSSR count). The summed E-state index contributed by atoms with van der Waals surface area (Å²) in [6.45, 7) is 1.69. The molecule has 2 N–H and O–H groups in total. The van der Waals surface area contributed by atoms with Gasteiger partial charge in [0.25, 0.3) is 0 Å². The Hall–Kier alpha value is -1.06. The zero-order valence-electron chi connectivity index (χ0n) is 4.39. The van der Waals surface area contributed by atoms with Gasteiger partial charge in [0, 0.05) is 0 Å². The number of hydrogen-bond acceptors (Lipinski definition) is 3. The molecule has 1 aliphatic heterocycles. The molecule has 1 amide bonds. The van der Waals surface area contributed by atoms with Crippen LogP contribution in [0.5, 0.6) is 0 Å². The number of ether oxygens (including phenoxy) is 1. The van der Waals surface area contributed by atoms with Gasteiger partial charge in [-0.3, -0.25) is 5.41 Å². The fourth-order valence-electron chi connectivity index (χ4n) is 0.460. The average Bonchev–Trinajstić information content (AvgIpc) is 1.85. The van der Waals surface area contributed by atoms with Crippen molar-refractivity contribution in [2.75, 3.05) is 0 Å². The fraction of sp³-hybridized carbons (Fsp3) is 0.500. The number of carbonyl (C=O) groups excluding carboxylic acids is 1. The van der Waals surface area contributed by atoms with Crippen LogP contribution in [0.2, 0.25) is 0 Å². The monoisotopic (exact) mass is 114 g/mol. The summed E-state index contributed by atoms with van der Waals surface area (Å²) in [6.07, 6.45) is -0.525. The lowest BCUT2D eigenvalue weighted by Crippen LogP contribution is -2.24. The van der Waals surface area contributed by atoms with Gasteiger partial charge in [0.15, 0.2) is 0 Å². The Morgan fingerprint density at radius 3 is 2.62 bits per heavy atom. The fourth-order valence-corrected chi connectivity index (χ4v) is 0.460. The van der Waals surface area contributed by atoms with Crippen LogP contribution in [-0.2, 0) is 4.74 Å². The van der Waals surface area contributed by atoms with E-state index < -0.39 is 6.09 Å². The van der Waals surface area contributed by atoms with Crippen molar-refractivity contribution in [3.05, 3.63) is 0 Å². The maximum atomic E-state index is 10.2. The van der Waals surface area contributed by atoms with Crippen molar-refractivity contribution >= 4 is 12.0 Å². The summed E-state index contributed by atoms with van der Waals surface area (Å²) in [6, 6.07) is -0.248. The smallest absolute Gasteiger partial charge is 0.394 e. The van der Waals surface area contributed by atoms with Gasteiger partial charge >= 0.3 is 6.09 Å². The number of cyclic esters (lactones) is 1. The van der Waals surface area contributed by atoms with E-state index in [1.54, 1.807) is 6.92 Å². The molecule has 4 nitrogen and oxygen atoms in total. The predicted molar refractivity (Wildman–Crippen MR) is 26.8 cm³/mol. The Bertz CT molecular complexity index is 143. The van der Waals surface area contributed by atoms with Crippen LogP contribution in [0.25, 0.3) is 0 Å². The molecule has 4 heteroatoms. The second-order valence-corrected chi connectivity index (χ2v) is 1.62. The van der Waals surface area contributed by atoms with Gasteiger partial charge < -0.3 is 10.1 Å². The summed E-state index contributed by atoms with van der Waals surface area (Å²) < 4.78 is 4.31. The molecule has 0 bridgehead atoms. The minimum absolute atomic E-state index is 0.00463. The number of nitrogens with one attached hydrogen (secondary N) is 2. The first-order valence-corrected chi connectivity index (χ1v) is 2.27. The van der Waals surface area contributed by atoms with Gasteiger partial charge in [-0.05, 0) is 6.92 Å². The summed E-state index contributed by atoms with van der Waals surface area (Å²) in [5, 5.41) is 9.26. The highest BCUT2D eigenvalue weighted by molar-refractivity contribution is 5.96. The van der Waals surface area contributed by atoms with Crippen molar-refractivity contribution in [1.82, 2.24) is 5.32 Å². The molecule has 0 radical (unpaired) electrons. The van der Waals surface area contributed by atoms with Crippen LogP contribution in [0, 0.1) is 5.41 Å². The first kappa shape index (κ1) is 5.08. The van der Waals surface area contributed by atoms with Gasteiger partial charge in [-0.1, -0.05) is 0 Å². The van der Waals surface area contributed by atoms with E-state index in [0.29, 0.717) is 0 Å². The van der Waals surface area contributed by atoms with Crippen molar-refractivity contribution in [2.24, 2.45) is 0 Å².